The highest BCUT2D eigenvalue weighted by Gasteiger charge is 2.22. The summed E-state index contributed by atoms with van der Waals surface area (Å²) in [4.78, 5) is 7.10. The van der Waals surface area contributed by atoms with Crippen molar-refractivity contribution in [2.45, 2.75) is 46.3 Å². The fraction of sp³-hybridized carbons (Fsp3) is 0.632. The van der Waals surface area contributed by atoms with Crippen LogP contribution in [0.15, 0.2) is 29.3 Å². The average Bonchev–Trinajstić information content (AvgIpc) is 2.91. The van der Waals surface area contributed by atoms with Crippen LogP contribution in [0.25, 0.3) is 0 Å². The van der Waals surface area contributed by atoms with E-state index in [1.165, 1.54) is 30.6 Å². The van der Waals surface area contributed by atoms with Crippen LogP contribution in [-0.4, -0.2) is 36.5 Å². The lowest BCUT2D eigenvalue weighted by Gasteiger charge is -2.35. The van der Waals surface area contributed by atoms with Gasteiger partial charge >= 0.3 is 0 Å². The van der Waals surface area contributed by atoms with Gasteiger partial charge in [0.2, 0.25) is 0 Å². The van der Waals surface area contributed by atoms with E-state index < -0.39 is 0 Å². The molecule has 4 nitrogen and oxygen atoms in total. The number of hydrogen-bond donors (Lipinski definition) is 2. The predicted molar refractivity (Wildman–Crippen MR) is 96.4 cm³/mol. The molecule has 0 amide bonds. The largest absolute Gasteiger partial charge is 0.352 e. The molecule has 0 saturated carbocycles. The Morgan fingerprint density at radius 2 is 1.83 bits per heavy atom. The zero-order valence-electron chi connectivity index (χ0n) is 14.7. The first-order valence-electron chi connectivity index (χ1n) is 8.94. The minimum Gasteiger partial charge on any atom is -0.352 e. The molecule has 23 heavy (non-hydrogen) atoms. The Balaban J connectivity index is 1.61. The summed E-state index contributed by atoms with van der Waals surface area (Å²) in [6, 6.07) is 9.24. The normalized spacial score (nSPS) is 28.3. The van der Waals surface area contributed by atoms with E-state index in [9.17, 15) is 0 Å². The predicted octanol–water partition coefficient (Wildman–Crippen LogP) is 2.60. The maximum absolute atomic E-state index is 4.48. The van der Waals surface area contributed by atoms with Crippen LogP contribution in [0.3, 0.4) is 0 Å². The molecule has 1 aromatic rings. The molecule has 1 aromatic carbocycles. The quantitative estimate of drug-likeness (QED) is 0.897. The Bertz CT molecular complexity index is 544. The van der Waals surface area contributed by atoms with Crippen molar-refractivity contribution in [2.24, 2.45) is 16.8 Å². The molecule has 126 valence electrons. The van der Waals surface area contributed by atoms with Gasteiger partial charge in [0.1, 0.15) is 0 Å². The van der Waals surface area contributed by atoms with Crippen molar-refractivity contribution < 1.29 is 0 Å². The van der Waals surface area contributed by atoms with Gasteiger partial charge < -0.3 is 10.6 Å². The highest BCUT2D eigenvalue weighted by molar-refractivity contribution is 5.81. The van der Waals surface area contributed by atoms with Crippen LogP contribution >= 0.6 is 0 Å². The average molecular weight is 314 g/mol. The van der Waals surface area contributed by atoms with Gasteiger partial charge in [0.15, 0.2) is 5.96 Å². The lowest BCUT2D eigenvalue weighted by atomic mass is 9.91. The summed E-state index contributed by atoms with van der Waals surface area (Å²) < 4.78 is 0. The Morgan fingerprint density at radius 3 is 2.48 bits per heavy atom. The summed E-state index contributed by atoms with van der Waals surface area (Å²) in [5, 5.41) is 6.81. The number of likely N-dealkylation sites (tertiary alicyclic amines) is 1. The molecule has 3 rings (SSSR count). The van der Waals surface area contributed by atoms with Gasteiger partial charge in [0, 0.05) is 32.2 Å². The Hall–Kier alpha value is -1.55. The summed E-state index contributed by atoms with van der Waals surface area (Å²) in [6.45, 7) is 12.1. The molecule has 2 N–H and O–H groups in total. The number of hydrogen-bond acceptors (Lipinski definition) is 4. The van der Waals surface area contributed by atoms with Gasteiger partial charge in [-0.25, -0.2) is 0 Å². The molecular weight excluding hydrogens is 284 g/mol. The van der Waals surface area contributed by atoms with Crippen molar-refractivity contribution in [3.8, 4) is 0 Å². The van der Waals surface area contributed by atoms with E-state index in [0.717, 1.165) is 37.4 Å². The number of piperidine rings is 1. The van der Waals surface area contributed by atoms with Crippen LogP contribution in [0.5, 0.6) is 0 Å². The third kappa shape index (κ3) is 4.47. The third-order valence-electron chi connectivity index (χ3n) is 4.81. The number of guanidine groups is 1. The minimum atomic E-state index is 0.448. The Morgan fingerprint density at radius 1 is 1.13 bits per heavy atom. The number of rotatable bonds is 4. The highest BCUT2D eigenvalue weighted by atomic mass is 15.2. The van der Waals surface area contributed by atoms with Gasteiger partial charge in [0.05, 0.1) is 6.54 Å². The number of nitrogens with one attached hydrogen (secondary N) is 2. The van der Waals surface area contributed by atoms with E-state index in [-0.39, 0.29) is 0 Å². The first-order valence-corrected chi connectivity index (χ1v) is 8.94. The molecule has 2 heterocycles. The second-order valence-corrected chi connectivity index (χ2v) is 7.50. The van der Waals surface area contributed by atoms with Crippen LogP contribution in [0.1, 0.15) is 38.3 Å². The molecule has 1 fully saturated rings. The molecule has 0 aliphatic carbocycles. The van der Waals surface area contributed by atoms with Gasteiger partial charge in [-0.3, -0.25) is 9.89 Å². The van der Waals surface area contributed by atoms with Crippen LogP contribution in [0.2, 0.25) is 0 Å². The smallest absolute Gasteiger partial charge is 0.191 e. The van der Waals surface area contributed by atoms with Crippen LogP contribution in [0, 0.1) is 11.8 Å². The standard InChI is InChI=1S/C19H30N4/c1-14-8-15(2)12-23(11-14)13-18-7-5-4-6-17(18)10-21-19-20-9-16(3)22-19/h4-7,14-16H,8-13H2,1-3H3,(H2,20,21,22). The minimum absolute atomic E-state index is 0.448. The molecule has 3 unspecified atom stereocenters. The van der Waals surface area contributed by atoms with Gasteiger partial charge in [-0.1, -0.05) is 38.1 Å². The first-order chi connectivity index (χ1) is 11.1. The lowest BCUT2D eigenvalue weighted by molar-refractivity contribution is 0.134. The summed E-state index contributed by atoms with van der Waals surface area (Å²) in [6.07, 6.45) is 1.36. The van der Waals surface area contributed by atoms with E-state index in [0.29, 0.717) is 6.04 Å². The number of aliphatic imine (C=N–C) groups is 1. The molecule has 0 bridgehead atoms. The fourth-order valence-electron chi connectivity index (χ4n) is 3.89. The molecule has 0 radical (unpaired) electrons. The molecular formula is C19H30N4. The topological polar surface area (TPSA) is 39.7 Å². The zero-order chi connectivity index (χ0) is 16.2. The monoisotopic (exact) mass is 314 g/mol. The van der Waals surface area contributed by atoms with Crippen molar-refractivity contribution in [3.05, 3.63) is 35.4 Å². The maximum atomic E-state index is 4.48. The maximum Gasteiger partial charge on any atom is 0.191 e. The van der Waals surface area contributed by atoms with Crippen molar-refractivity contribution in [1.82, 2.24) is 15.5 Å². The van der Waals surface area contributed by atoms with Crippen molar-refractivity contribution >= 4 is 5.96 Å². The lowest BCUT2D eigenvalue weighted by Crippen LogP contribution is -2.39. The SMILES string of the molecule is CC1CC(C)CN(Cc2ccccc2CNC2=NCC(C)N2)C1. The first kappa shape index (κ1) is 16.3. The molecule has 2 aliphatic heterocycles. The van der Waals surface area contributed by atoms with E-state index in [2.05, 4.69) is 65.6 Å². The van der Waals surface area contributed by atoms with Gasteiger partial charge in [0.25, 0.3) is 0 Å². The van der Waals surface area contributed by atoms with Gasteiger partial charge in [-0.15, -0.1) is 0 Å². The molecule has 1 saturated heterocycles. The van der Waals surface area contributed by atoms with E-state index >= 15 is 0 Å². The van der Waals surface area contributed by atoms with Crippen molar-refractivity contribution in [3.63, 3.8) is 0 Å². The summed E-state index contributed by atoms with van der Waals surface area (Å²) in [5.41, 5.74) is 2.82. The van der Waals surface area contributed by atoms with E-state index in [1.54, 1.807) is 0 Å². The van der Waals surface area contributed by atoms with E-state index in [1.807, 2.05) is 0 Å². The molecule has 0 spiro atoms. The molecule has 3 atom stereocenters. The van der Waals surface area contributed by atoms with E-state index in [4.69, 9.17) is 0 Å². The Labute approximate surface area is 140 Å². The second kappa shape index (κ2) is 7.35. The summed E-state index contributed by atoms with van der Waals surface area (Å²) in [7, 11) is 0. The highest BCUT2D eigenvalue weighted by Crippen LogP contribution is 2.23. The van der Waals surface area contributed by atoms with Crippen LogP contribution in [-0.2, 0) is 13.1 Å². The summed E-state index contributed by atoms with van der Waals surface area (Å²) in [5.74, 6) is 2.55. The molecule has 0 aromatic heterocycles. The molecule has 4 heteroatoms. The fourth-order valence-corrected chi connectivity index (χ4v) is 3.89. The Kier molecular flexibility index (Phi) is 5.21. The summed E-state index contributed by atoms with van der Waals surface area (Å²) >= 11 is 0. The number of nitrogens with zero attached hydrogens (tertiary/aromatic N) is 2. The van der Waals surface area contributed by atoms with Gasteiger partial charge in [-0.2, -0.15) is 0 Å². The molecule has 2 aliphatic rings. The third-order valence-corrected chi connectivity index (χ3v) is 4.81. The van der Waals surface area contributed by atoms with Crippen LogP contribution in [0.4, 0.5) is 0 Å². The number of benzene rings is 1. The van der Waals surface area contributed by atoms with Crippen molar-refractivity contribution in [2.75, 3.05) is 19.6 Å². The second-order valence-electron chi connectivity index (χ2n) is 7.50. The van der Waals surface area contributed by atoms with Crippen molar-refractivity contribution in [1.29, 1.82) is 0 Å². The zero-order valence-corrected chi connectivity index (χ0v) is 14.7. The van der Waals surface area contributed by atoms with Crippen LogP contribution < -0.4 is 10.6 Å². The van der Waals surface area contributed by atoms with Gasteiger partial charge in [-0.05, 0) is 36.3 Å².